The van der Waals surface area contributed by atoms with Crippen LogP contribution >= 0.6 is 15.9 Å². The molecule has 0 aromatic heterocycles. The standard InChI is InChI=1S/C22H20BrNO3S/c1-3-17-6-12-20(13-7-17)24(22(25)18-8-10-19(23)11-9-18)28(26,27)21-14-4-16(2)5-15-21/h4-15H,3H2,1-2H3. The molecule has 0 saturated carbocycles. The lowest BCUT2D eigenvalue weighted by Gasteiger charge is -2.23. The molecule has 144 valence electrons. The summed E-state index contributed by atoms with van der Waals surface area (Å²) in [6.07, 6.45) is 0.825. The normalized spacial score (nSPS) is 11.2. The molecule has 0 bridgehead atoms. The van der Waals surface area contributed by atoms with E-state index in [2.05, 4.69) is 15.9 Å². The van der Waals surface area contributed by atoms with Gasteiger partial charge in [-0.3, -0.25) is 4.79 Å². The Balaban J connectivity index is 2.13. The Bertz CT molecular complexity index is 1070. The first-order valence-corrected chi connectivity index (χ1v) is 11.1. The molecule has 0 N–H and O–H groups in total. The second-order valence-corrected chi connectivity index (χ2v) is 9.12. The van der Waals surface area contributed by atoms with Crippen molar-refractivity contribution < 1.29 is 13.2 Å². The van der Waals surface area contributed by atoms with Crippen molar-refractivity contribution in [2.75, 3.05) is 4.31 Å². The van der Waals surface area contributed by atoms with Crippen molar-refractivity contribution in [1.82, 2.24) is 0 Å². The molecule has 0 radical (unpaired) electrons. The highest BCUT2D eigenvalue weighted by molar-refractivity contribution is 9.10. The molecule has 3 aromatic rings. The van der Waals surface area contributed by atoms with E-state index in [1.54, 1.807) is 48.5 Å². The Morgan fingerprint density at radius 2 is 1.46 bits per heavy atom. The van der Waals surface area contributed by atoms with E-state index in [-0.39, 0.29) is 4.90 Å². The zero-order valence-corrected chi connectivity index (χ0v) is 18.0. The lowest BCUT2D eigenvalue weighted by Crippen LogP contribution is -2.37. The van der Waals surface area contributed by atoms with E-state index in [4.69, 9.17) is 0 Å². The molecular weight excluding hydrogens is 438 g/mol. The third kappa shape index (κ3) is 4.18. The first kappa shape index (κ1) is 20.3. The number of nitrogens with zero attached hydrogens (tertiary/aromatic N) is 1. The average Bonchev–Trinajstić information content (AvgIpc) is 2.69. The minimum Gasteiger partial charge on any atom is -0.268 e. The van der Waals surface area contributed by atoms with Crippen LogP contribution in [0.1, 0.15) is 28.4 Å². The molecule has 0 aliphatic carbocycles. The predicted octanol–water partition coefficient (Wildman–Crippen LogP) is 5.36. The predicted molar refractivity (Wildman–Crippen MR) is 115 cm³/mol. The SMILES string of the molecule is CCc1ccc(N(C(=O)c2ccc(Br)cc2)S(=O)(=O)c2ccc(C)cc2)cc1. The number of carbonyl (C=O) groups excluding carboxylic acids is 1. The summed E-state index contributed by atoms with van der Waals surface area (Å²) >= 11 is 3.33. The zero-order chi connectivity index (χ0) is 20.3. The number of benzene rings is 3. The van der Waals surface area contributed by atoms with E-state index in [0.29, 0.717) is 11.3 Å². The number of carbonyl (C=O) groups is 1. The maximum atomic E-state index is 13.4. The molecule has 3 aromatic carbocycles. The van der Waals surface area contributed by atoms with Gasteiger partial charge in [-0.2, -0.15) is 4.31 Å². The summed E-state index contributed by atoms with van der Waals surface area (Å²) in [5.41, 5.74) is 2.61. The van der Waals surface area contributed by atoms with Crippen molar-refractivity contribution in [2.24, 2.45) is 0 Å². The van der Waals surface area contributed by atoms with Crippen molar-refractivity contribution in [3.8, 4) is 0 Å². The van der Waals surface area contributed by atoms with Gasteiger partial charge in [-0.25, -0.2) is 8.42 Å². The van der Waals surface area contributed by atoms with Crippen LogP contribution in [0.4, 0.5) is 5.69 Å². The first-order chi connectivity index (χ1) is 13.3. The Morgan fingerprint density at radius 3 is 2.00 bits per heavy atom. The summed E-state index contributed by atoms with van der Waals surface area (Å²) in [4.78, 5) is 13.3. The van der Waals surface area contributed by atoms with Gasteiger partial charge in [0.05, 0.1) is 10.6 Å². The summed E-state index contributed by atoms with van der Waals surface area (Å²) in [6, 6.07) is 20.1. The van der Waals surface area contributed by atoms with Gasteiger partial charge in [0.25, 0.3) is 15.9 Å². The van der Waals surface area contributed by atoms with Crippen LogP contribution in [0.2, 0.25) is 0 Å². The average molecular weight is 458 g/mol. The van der Waals surface area contributed by atoms with Gasteiger partial charge in [0.1, 0.15) is 0 Å². The number of halogens is 1. The number of rotatable bonds is 5. The van der Waals surface area contributed by atoms with E-state index in [9.17, 15) is 13.2 Å². The van der Waals surface area contributed by atoms with Gasteiger partial charge >= 0.3 is 0 Å². The van der Waals surface area contributed by atoms with Gasteiger partial charge in [-0.15, -0.1) is 0 Å². The van der Waals surface area contributed by atoms with Crippen LogP contribution < -0.4 is 4.31 Å². The zero-order valence-electron chi connectivity index (χ0n) is 15.6. The number of aryl methyl sites for hydroxylation is 2. The third-order valence-corrected chi connectivity index (χ3v) is 6.67. The highest BCUT2D eigenvalue weighted by Crippen LogP contribution is 2.27. The van der Waals surface area contributed by atoms with Gasteiger partial charge < -0.3 is 0 Å². The van der Waals surface area contributed by atoms with Gasteiger partial charge in [0.15, 0.2) is 0 Å². The van der Waals surface area contributed by atoms with Crippen LogP contribution in [0.5, 0.6) is 0 Å². The molecule has 3 rings (SSSR count). The molecule has 0 fully saturated rings. The molecule has 0 saturated heterocycles. The minimum absolute atomic E-state index is 0.0723. The maximum absolute atomic E-state index is 13.4. The summed E-state index contributed by atoms with van der Waals surface area (Å²) in [5.74, 6) is -0.600. The molecule has 0 spiro atoms. The molecule has 0 unspecified atom stereocenters. The monoisotopic (exact) mass is 457 g/mol. The summed E-state index contributed by atoms with van der Waals surface area (Å²) in [7, 11) is -4.08. The number of hydrogen-bond donors (Lipinski definition) is 0. The Kier molecular flexibility index (Phi) is 6.01. The second-order valence-electron chi connectivity index (χ2n) is 6.41. The second kappa shape index (κ2) is 8.29. The number of anilines is 1. The van der Waals surface area contributed by atoms with E-state index < -0.39 is 15.9 Å². The number of hydrogen-bond acceptors (Lipinski definition) is 3. The maximum Gasteiger partial charge on any atom is 0.272 e. The Morgan fingerprint density at radius 1 is 0.893 bits per heavy atom. The third-order valence-electron chi connectivity index (χ3n) is 4.41. The van der Waals surface area contributed by atoms with Crippen LogP contribution in [-0.4, -0.2) is 14.3 Å². The van der Waals surface area contributed by atoms with Crippen LogP contribution in [0, 0.1) is 6.92 Å². The fraction of sp³-hybridized carbons (Fsp3) is 0.136. The molecule has 0 atom stereocenters. The lowest BCUT2D eigenvalue weighted by atomic mass is 10.1. The summed E-state index contributed by atoms with van der Waals surface area (Å²) in [5, 5.41) is 0. The fourth-order valence-electron chi connectivity index (χ4n) is 2.76. The molecule has 1 amide bonds. The van der Waals surface area contributed by atoms with Crippen LogP contribution in [0.15, 0.2) is 82.2 Å². The molecular formula is C22H20BrNO3S. The van der Waals surface area contributed by atoms with E-state index >= 15 is 0 Å². The van der Waals surface area contributed by atoms with Gasteiger partial charge in [-0.05, 0) is 67.4 Å². The van der Waals surface area contributed by atoms with Crippen LogP contribution in [0.25, 0.3) is 0 Å². The Labute approximate surface area is 174 Å². The van der Waals surface area contributed by atoms with E-state index in [0.717, 1.165) is 26.3 Å². The fourth-order valence-corrected chi connectivity index (χ4v) is 4.44. The number of sulfonamides is 1. The molecule has 4 nitrogen and oxygen atoms in total. The summed E-state index contributed by atoms with van der Waals surface area (Å²) in [6.45, 7) is 3.90. The largest absolute Gasteiger partial charge is 0.272 e. The van der Waals surface area contributed by atoms with Gasteiger partial charge in [0, 0.05) is 10.0 Å². The van der Waals surface area contributed by atoms with Crippen LogP contribution in [0.3, 0.4) is 0 Å². The van der Waals surface area contributed by atoms with Crippen molar-refractivity contribution in [3.05, 3.63) is 94.0 Å². The van der Waals surface area contributed by atoms with Gasteiger partial charge in [0.2, 0.25) is 0 Å². The van der Waals surface area contributed by atoms with Gasteiger partial charge in [-0.1, -0.05) is 52.7 Å². The van der Waals surface area contributed by atoms with E-state index in [1.807, 2.05) is 26.0 Å². The highest BCUT2D eigenvalue weighted by atomic mass is 79.9. The lowest BCUT2D eigenvalue weighted by molar-refractivity contribution is 0.101. The van der Waals surface area contributed by atoms with Crippen molar-refractivity contribution in [1.29, 1.82) is 0 Å². The molecule has 28 heavy (non-hydrogen) atoms. The molecule has 6 heteroatoms. The Hall–Kier alpha value is -2.44. The highest BCUT2D eigenvalue weighted by Gasteiger charge is 2.31. The van der Waals surface area contributed by atoms with Crippen molar-refractivity contribution >= 4 is 37.5 Å². The topological polar surface area (TPSA) is 54.5 Å². The molecule has 0 aliphatic rings. The first-order valence-electron chi connectivity index (χ1n) is 8.84. The minimum atomic E-state index is -4.08. The summed E-state index contributed by atoms with van der Waals surface area (Å²) < 4.78 is 28.4. The molecule has 0 heterocycles. The number of amides is 1. The van der Waals surface area contributed by atoms with Crippen LogP contribution in [-0.2, 0) is 16.4 Å². The van der Waals surface area contributed by atoms with E-state index in [1.165, 1.54) is 12.1 Å². The molecule has 0 aliphatic heterocycles. The van der Waals surface area contributed by atoms with Crippen molar-refractivity contribution in [2.45, 2.75) is 25.2 Å². The quantitative estimate of drug-likeness (QED) is 0.518. The smallest absolute Gasteiger partial charge is 0.268 e. The van der Waals surface area contributed by atoms with Crippen molar-refractivity contribution in [3.63, 3.8) is 0 Å².